The fourth-order valence-corrected chi connectivity index (χ4v) is 2.79. The van der Waals surface area contributed by atoms with Crippen molar-refractivity contribution in [3.8, 4) is 0 Å². The molecular formula is C23H30N4O4. The van der Waals surface area contributed by atoms with E-state index < -0.39 is 29.6 Å². The molecule has 0 aromatic heterocycles. The summed E-state index contributed by atoms with van der Waals surface area (Å²) in [6, 6.07) is 15.5. The van der Waals surface area contributed by atoms with E-state index in [1.54, 1.807) is 45.0 Å². The quantitative estimate of drug-likeness (QED) is 0.507. The number of hydrogen-bond donors (Lipinski definition) is 4. The molecule has 2 rings (SSSR count). The van der Waals surface area contributed by atoms with E-state index in [2.05, 4.69) is 16.2 Å². The Morgan fingerprint density at radius 1 is 0.968 bits per heavy atom. The van der Waals surface area contributed by atoms with E-state index in [4.69, 9.17) is 10.5 Å². The van der Waals surface area contributed by atoms with Crippen LogP contribution < -0.4 is 21.9 Å². The van der Waals surface area contributed by atoms with Crippen LogP contribution in [0.25, 0.3) is 0 Å². The second kappa shape index (κ2) is 11.1. The summed E-state index contributed by atoms with van der Waals surface area (Å²) in [5.41, 5.74) is 11.8. The molecule has 0 spiro atoms. The van der Waals surface area contributed by atoms with Crippen LogP contribution in [-0.2, 0) is 22.5 Å². The molecule has 1 unspecified atom stereocenters. The van der Waals surface area contributed by atoms with Crippen molar-refractivity contribution in [3.63, 3.8) is 0 Å². The molecule has 0 aliphatic carbocycles. The molecular weight excluding hydrogens is 396 g/mol. The normalized spacial score (nSPS) is 11.9. The van der Waals surface area contributed by atoms with Gasteiger partial charge >= 0.3 is 6.09 Å². The van der Waals surface area contributed by atoms with Gasteiger partial charge in [-0.2, -0.15) is 0 Å². The fraction of sp³-hybridized carbons (Fsp3) is 0.348. The van der Waals surface area contributed by atoms with Crippen molar-refractivity contribution < 1.29 is 19.1 Å². The zero-order valence-electron chi connectivity index (χ0n) is 18.1. The van der Waals surface area contributed by atoms with Crippen LogP contribution in [0.5, 0.6) is 0 Å². The van der Waals surface area contributed by atoms with Crippen LogP contribution in [-0.4, -0.2) is 29.6 Å². The maximum atomic E-state index is 12.7. The highest BCUT2D eigenvalue weighted by Gasteiger charge is 2.24. The summed E-state index contributed by atoms with van der Waals surface area (Å²) in [5.74, 6) is -1.03. The largest absolute Gasteiger partial charge is 0.444 e. The van der Waals surface area contributed by atoms with Crippen molar-refractivity contribution >= 4 is 17.9 Å². The number of aryl methyl sites for hydroxylation is 1. The molecule has 0 heterocycles. The lowest BCUT2D eigenvalue weighted by molar-refractivity contribution is -0.124. The highest BCUT2D eigenvalue weighted by Crippen LogP contribution is 2.09. The smallest absolute Gasteiger partial charge is 0.408 e. The molecule has 0 bridgehead atoms. The first-order chi connectivity index (χ1) is 14.7. The second-order valence-electron chi connectivity index (χ2n) is 8.07. The molecule has 31 heavy (non-hydrogen) atoms. The fourth-order valence-electron chi connectivity index (χ4n) is 2.79. The summed E-state index contributed by atoms with van der Waals surface area (Å²) < 4.78 is 5.26. The van der Waals surface area contributed by atoms with Gasteiger partial charge in [-0.05, 0) is 56.9 Å². The van der Waals surface area contributed by atoms with E-state index in [0.717, 1.165) is 11.1 Å². The lowest BCUT2D eigenvalue weighted by Gasteiger charge is -2.23. The summed E-state index contributed by atoms with van der Waals surface area (Å²) in [7, 11) is 0. The van der Waals surface area contributed by atoms with Gasteiger partial charge in [0.15, 0.2) is 0 Å². The van der Waals surface area contributed by atoms with Gasteiger partial charge in [-0.25, -0.2) is 4.79 Å². The molecule has 3 amide bonds. The van der Waals surface area contributed by atoms with Crippen LogP contribution in [0.4, 0.5) is 4.79 Å². The maximum Gasteiger partial charge on any atom is 0.408 e. The first-order valence-electron chi connectivity index (χ1n) is 10.1. The van der Waals surface area contributed by atoms with Gasteiger partial charge in [0.2, 0.25) is 0 Å². The van der Waals surface area contributed by atoms with Crippen LogP contribution in [0.15, 0.2) is 54.6 Å². The standard InChI is InChI=1S/C23H30N4O4/c1-23(2,3)31-22(30)25-19(13-12-16-8-5-4-6-9-16)21(29)27-26-20(28)18-11-7-10-17(14-18)15-24/h4-11,14,19H,12-13,15,24H2,1-3H3,(H,25,30)(H,26,28)(H,27,29). The molecule has 0 radical (unpaired) electrons. The molecule has 5 N–H and O–H groups in total. The molecule has 0 saturated heterocycles. The Morgan fingerprint density at radius 3 is 2.29 bits per heavy atom. The number of benzene rings is 2. The van der Waals surface area contributed by atoms with Gasteiger partial charge in [0.05, 0.1) is 0 Å². The van der Waals surface area contributed by atoms with Crippen LogP contribution in [0.3, 0.4) is 0 Å². The van der Waals surface area contributed by atoms with Crippen molar-refractivity contribution in [2.24, 2.45) is 5.73 Å². The van der Waals surface area contributed by atoms with E-state index in [9.17, 15) is 14.4 Å². The molecule has 8 nitrogen and oxygen atoms in total. The first kappa shape index (κ1) is 23.9. The van der Waals surface area contributed by atoms with Gasteiger partial charge in [0.25, 0.3) is 11.8 Å². The van der Waals surface area contributed by atoms with Gasteiger partial charge in [-0.1, -0.05) is 42.5 Å². The Morgan fingerprint density at radius 2 is 1.65 bits per heavy atom. The molecule has 2 aromatic rings. The zero-order chi connectivity index (χ0) is 22.9. The number of alkyl carbamates (subject to hydrolysis) is 1. The molecule has 8 heteroatoms. The highest BCUT2D eigenvalue weighted by molar-refractivity contribution is 5.96. The maximum absolute atomic E-state index is 12.7. The summed E-state index contributed by atoms with van der Waals surface area (Å²) in [6.07, 6.45) is 0.178. The van der Waals surface area contributed by atoms with Crippen molar-refractivity contribution in [1.82, 2.24) is 16.2 Å². The number of nitrogens with one attached hydrogen (secondary N) is 3. The summed E-state index contributed by atoms with van der Waals surface area (Å²) in [4.78, 5) is 37.3. The Kier molecular flexibility index (Phi) is 8.57. The first-order valence-corrected chi connectivity index (χ1v) is 10.1. The van der Waals surface area contributed by atoms with E-state index in [1.165, 1.54) is 0 Å². The van der Waals surface area contributed by atoms with Crippen molar-refractivity contribution in [2.75, 3.05) is 0 Å². The van der Waals surface area contributed by atoms with E-state index in [0.29, 0.717) is 24.9 Å². The van der Waals surface area contributed by atoms with Gasteiger partial charge in [0, 0.05) is 12.1 Å². The Balaban J connectivity index is 2.01. The van der Waals surface area contributed by atoms with Gasteiger partial charge < -0.3 is 15.8 Å². The topological polar surface area (TPSA) is 123 Å². The average Bonchev–Trinajstić information content (AvgIpc) is 2.74. The molecule has 1 atom stereocenters. The third kappa shape index (κ3) is 8.47. The zero-order valence-corrected chi connectivity index (χ0v) is 18.1. The third-order valence-corrected chi connectivity index (χ3v) is 4.30. The SMILES string of the molecule is CC(C)(C)OC(=O)NC(CCc1ccccc1)C(=O)NNC(=O)c1cccc(CN)c1. The minimum Gasteiger partial charge on any atom is -0.444 e. The van der Waals surface area contributed by atoms with Crippen LogP contribution in [0, 0.1) is 0 Å². The number of rotatable bonds is 7. The predicted octanol–water partition coefficient (Wildman–Crippen LogP) is 2.43. The minimum absolute atomic E-state index is 0.300. The summed E-state index contributed by atoms with van der Waals surface area (Å²) in [5, 5.41) is 2.58. The van der Waals surface area contributed by atoms with Gasteiger partial charge in [0.1, 0.15) is 11.6 Å². The Bertz CT molecular complexity index is 894. The predicted molar refractivity (Wildman–Crippen MR) is 118 cm³/mol. The van der Waals surface area contributed by atoms with Gasteiger partial charge in [-0.15, -0.1) is 0 Å². The minimum atomic E-state index is -0.897. The molecule has 0 fully saturated rings. The number of hydrazine groups is 1. The van der Waals surface area contributed by atoms with E-state index in [1.807, 2.05) is 30.3 Å². The Labute approximate surface area is 182 Å². The number of amides is 3. The van der Waals surface area contributed by atoms with Crippen LogP contribution in [0.1, 0.15) is 48.7 Å². The summed E-state index contributed by atoms with van der Waals surface area (Å²) >= 11 is 0. The van der Waals surface area contributed by atoms with Crippen molar-refractivity contribution in [3.05, 3.63) is 71.3 Å². The third-order valence-electron chi connectivity index (χ3n) is 4.30. The average molecular weight is 427 g/mol. The molecule has 2 aromatic carbocycles. The number of carbonyl (C=O) groups excluding carboxylic acids is 3. The van der Waals surface area contributed by atoms with Crippen LogP contribution >= 0.6 is 0 Å². The lowest BCUT2D eigenvalue weighted by Crippen LogP contribution is -2.53. The van der Waals surface area contributed by atoms with Crippen molar-refractivity contribution in [2.45, 2.75) is 51.8 Å². The second-order valence-corrected chi connectivity index (χ2v) is 8.07. The number of nitrogens with two attached hydrogens (primary N) is 1. The number of ether oxygens (including phenoxy) is 1. The molecule has 0 saturated carbocycles. The summed E-state index contributed by atoms with van der Waals surface area (Å²) in [6.45, 7) is 5.51. The number of hydrogen-bond acceptors (Lipinski definition) is 5. The van der Waals surface area contributed by atoms with E-state index >= 15 is 0 Å². The van der Waals surface area contributed by atoms with Crippen molar-refractivity contribution in [1.29, 1.82) is 0 Å². The Hall–Kier alpha value is -3.39. The molecule has 0 aliphatic heterocycles. The molecule has 0 aliphatic rings. The van der Waals surface area contributed by atoms with E-state index in [-0.39, 0.29) is 0 Å². The van der Waals surface area contributed by atoms with Gasteiger partial charge in [-0.3, -0.25) is 20.4 Å². The monoisotopic (exact) mass is 426 g/mol. The number of carbonyl (C=O) groups is 3. The highest BCUT2D eigenvalue weighted by atomic mass is 16.6. The lowest BCUT2D eigenvalue weighted by atomic mass is 10.0. The molecule has 166 valence electrons. The van der Waals surface area contributed by atoms with Crippen LogP contribution in [0.2, 0.25) is 0 Å².